The summed E-state index contributed by atoms with van der Waals surface area (Å²) in [6.07, 6.45) is 1.42. The predicted molar refractivity (Wildman–Crippen MR) is 160 cm³/mol. The molecule has 0 N–H and O–H groups in total. The summed E-state index contributed by atoms with van der Waals surface area (Å²) in [5.74, 6) is 1.25. The Morgan fingerprint density at radius 2 is 1.56 bits per heavy atom. The monoisotopic (exact) mass is 578 g/mol. The molecule has 0 saturated carbocycles. The maximum atomic E-state index is 13.2. The number of ether oxygens (including phenoxy) is 5. The first-order valence-corrected chi connectivity index (χ1v) is 13.9. The van der Waals surface area contributed by atoms with Crippen molar-refractivity contribution in [2.75, 3.05) is 14.2 Å². The summed E-state index contributed by atoms with van der Waals surface area (Å²) >= 11 is 0. The summed E-state index contributed by atoms with van der Waals surface area (Å²) in [6, 6.07) is 23.9. The van der Waals surface area contributed by atoms with Crippen LogP contribution in [0.4, 0.5) is 0 Å². The Morgan fingerprint density at radius 3 is 2.23 bits per heavy atom. The normalized spacial score (nSPS) is 14.0. The highest BCUT2D eigenvalue weighted by molar-refractivity contribution is 5.96. The third-order valence-electron chi connectivity index (χ3n) is 7.51. The molecule has 0 fully saturated rings. The number of rotatable bonds is 7. The van der Waals surface area contributed by atoms with Crippen LogP contribution in [0.5, 0.6) is 28.7 Å². The van der Waals surface area contributed by atoms with Crippen LogP contribution < -0.4 is 23.7 Å². The van der Waals surface area contributed by atoms with E-state index in [1.165, 1.54) is 20.1 Å². The van der Waals surface area contributed by atoms with E-state index in [9.17, 15) is 9.59 Å². The lowest BCUT2D eigenvalue weighted by Gasteiger charge is -2.28. The Morgan fingerprint density at radius 1 is 0.837 bits per heavy atom. The fourth-order valence-corrected chi connectivity index (χ4v) is 5.50. The first-order chi connectivity index (χ1) is 20.9. The molecule has 8 nitrogen and oxygen atoms in total. The van der Waals surface area contributed by atoms with Crippen molar-refractivity contribution in [2.45, 2.75) is 32.8 Å². The van der Waals surface area contributed by atoms with Crippen LogP contribution in [0.1, 0.15) is 46.5 Å². The van der Waals surface area contributed by atoms with Crippen molar-refractivity contribution < 1.29 is 37.7 Å². The fraction of sp³-hybridized carbons (Fsp3) is 0.200. The van der Waals surface area contributed by atoms with Crippen molar-refractivity contribution in [3.63, 3.8) is 0 Å². The largest absolute Gasteiger partial charge is 0.496 e. The second kappa shape index (κ2) is 11.6. The number of methoxy groups -OCH3 is 2. The van der Waals surface area contributed by atoms with Gasteiger partial charge in [0.15, 0.2) is 0 Å². The molecule has 0 spiro atoms. The van der Waals surface area contributed by atoms with Crippen molar-refractivity contribution in [3.05, 3.63) is 101 Å². The lowest BCUT2D eigenvalue weighted by molar-refractivity contribution is -0.131. The first-order valence-electron chi connectivity index (χ1n) is 13.9. The van der Waals surface area contributed by atoms with Crippen LogP contribution >= 0.6 is 0 Å². The van der Waals surface area contributed by atoms with E-state index in [0.29, 0.717) is 45.3 Å². The molecular weight excluding hydrogens is 548 g/mol. The van der Waals surface area contributed by atoms with Crippen molar-refractivity contribution >= 4 is 22.9 Å². The van der Waals surface area contributed by atoms with E-state index < -0.39 is 11.9 Å². The second-order valence-electron chi connectivity index (χ2n) is 10.2. The van der Waals surface area contributed by atoms with Crippen LogP contribution in [0, 0.1) is 6.92 Å². The number of hydrogen-bond acceptors (Lipinski definition) is 8. The highest BCUT2D eigenvalue weighted by atomic mass is 16.5. The van der Waals surface area contributed by atoms with E-state index in [1.807, 2.05) is 36.4 Å². The molecule has 2 heterocycles. The maximum Gasteiger partial charge on any atom is 0.343 e. The molecule has 1 aliphatic rings. The molecule has 0 bridgehead atoms. The summed E-state index contributed by atoms with van der Waals surface area (Å²) in [7, 11) is 3.11. The van der Waals surface area contributed by atoms with Crippen molar-refractivity contribution in [3.8, 4) is 40.1 Å². The zero-order chi connectivity index (χ0) is 30.1. The van der Waals surface area contributed by atoms with E-state index in [2.05, 4.69) is 12.1 Å². The predicted octanol–water partition coefficient (Wildman–Crippen LogP) is 7.64. The van der Waals surface area contributed by atoms with Gasteiger partial charge in [-0.1, -0.05) is 48.5 Å². The van der Waals surface area contributed by atoms with E-state index in [0.717, 1.165) is 29.4 Å². The number of carbonyl (C=O) groups is 2. The van der Waals surface area contributed by atoms with E-state index >= 15 is 0 Å². The van der Waals surface area contributed by atoms with Crippen molar-refractivity contribution in [1.82, 2.24) is 0 Å². The first kappa shape index (κ1) is 27.9. The van der Waals surface area contributed by atoms with Crippen LogP contribution in [-0.4, -0.2) is 26.2 Å². The fourth-order valence-electron chi connectivity index (χ4n) is 5.50. The molecule has 0 aliphatic carbocycles. The average molecular weight is 579 g/mol. The van der Waals surface area contributed by atoms with Gasteiger partial charge in [0.25, 0.3) is 0 Å². The van der Waals surface area contributed by atoms with Gasteiger partial charge in [0, 0.05) is 30.2 Å². The van der Waals surface area contributed by atoms with Gasteiger partial charge >= 0.3 is 11.9 Å². The Kier molecular flexibility index (Phi) is 7.50. The third-order valence-corrected chi connectivity index (χ3v) is 7.51. The van der Waals surface area contributed by atoms with Crippen LogP contribution in [0.2, 0.25) is 0 Å². The third kappa shape index (κ3) is 5.28. The van der Waals surface area contributed by atoms with Gasteiger partial charge in [-0.15, -0.1) is 0 Å². The van der Waals surface area contributed by atoms with Crippen molar-refractivity contribution in [2.24, 2.45) is 0 Å². The van der Waals surface area contributed by atoms with Crippen LogP contribution in [-0.2, 0) is 11.2 Å². The number of esters is 2. The highest BCUT2D eigenvalue weighted by Gasteiger charge is 2.30. The second-order valence-corrected chi connectivity index (χ2v) is 10.2. The maximum absolute atomic E-state index is 13.2. The Balaban J connectivity index is 1.52. The minimum Gasteiger partial charge on any atom is -0.496 e. The van der Waals surface area contributed by atoms with Gasteiger partial charge in [-0.2, -0.15) is 0 Å². The lowest BCUT2D eigenvalue weighted by Crippen LogP contribution is -2.16. The highest BCUT2D eigenvalue weighted by Crippen LogP contribution is 2.50. The summed E-state index contributed by atoms with van der Waals surface area (Å²) in [5.41, 5.74) is 3.85. The number of hydrogen-bond donors (Lipinski definition) is 0. The molecule has 1 atom stereocenters. The van der Waals surface area contributed by atoms with Gasteiger partial charge in [-0.25, -0.2) is 4.79 Å². The van der Waals surface area contributed by atoms with Gasteiger partial charge in [-0.05, 0) is 43.5 Å². The topological polar surface area (TPSA) is 93.4 Å². The number of fused-ring (bicyclic) bond motifs is 3. The molecule has 0 saturated heterocycles. The van der Waals surface area contributed by atoms with Gasteiger partial charge in [-0.3, -0.25) is 4.79 Å². The Labute approximate surface area is 248 Å². The van der Waals surface area contributed by atoms with Crippen molar-refractivity contribution in [1.29, 1.82) is 0 Å². The molecule has 0 radical (unpaired) electrons. The summed E-state index contributed by atoms with van der Waals surface area (Å²) < 4.78 is 35.9. The zero-order valence-electron chi connectivity index (χ0n) is 24.3. The molecule has 218 valence electrons. The van der Waals surface area contributed by atoms with Gasteiger partial charge in [0.1, 0.15) is 51.8 Å². The molecule has 8 heteroatoms. The Bertz CT molecular complexity index is 1820. The molecule has 4 aromatic carbocycles. The quantitative estimate of drug-likeness (QED) is 0.144. The molecule has 43 heavy (non-hydrogen) atoms. The molecular formula is C35H30O8. The SMILES string of the molecule is COc1cc2oc(-c3c(OC(=O)c4ccccc4)cc(OC(C)=O)c(C)c3OC)cc2c2c1CCC(c1ccccc1)O2. The number of furan rings is 1. The average Bonchev–Trinajstić information content (AvgIpc) is 3.46. The lowest BCUT2D eigenvalue weighted by atomic mass is 9.95. The molecule has 1 aliphatic heterocycles. The van der Waals surface area contributed by atoms with Gasteiger partial charge < -0.3 is 28.1 Å². The van der Waals surface area contributed by atoms with Gasteiger partial charge in [0.2, 0.25) is 0 Å². The molecule has 5 aromatic rings. The minimum absolute atomic E-state index is 0.107. The van der Waals surface area contributed by atoms with E-state index in [-0.39, 0.29) is 17.6 Å². The van der Waals surface area contributed by atoms with Gasteiger partial charge in [0.05, 0.1) is 25.2 Å². The number of benzene rings is 4. The van der Waals surface area contributed by atoms with Crippen LogP contribution in [0.25, 0.3) is 22.3 Å². The summed E-state index contributed by atoms with van der Waals surface area (Å²) in [6.45, 7) is 3.05. The molecule has 6 rings (SSSR count). The summed E-state index contributed by atoms with van der Waals surface area (Å²) in [4.78, 5) is 25.1. The zero-order valence-corrected chi connectivity index (χ0v) is 24.3. The number of carbonyl (C=O) groups excluding carboxylic acids is 2. The Hall–Kier alpha value is -5.24. The van der Waals surface area contributed by atoms with Crippen LogP contribution in [0.3, 0.4) is 0 Å². The molecule has 0 amide bonds. The standard InChI is InChI=1S/C35H30O8/c1-20-27(40-21(2)36)18-31(43-35(37)23-13-9-6-10-14-23)32(33(20)39-4)30-17-25-29(41-30)19-28(38-3)24-15-16-26(42-34(24)25)22-11-7-5-8-12-22/h5-14,17-19,26H,15-16H2,1-4H3. The van der Waals surface area contributed by atoms with E-state index in [4.69, 9.17) is 28.1 Å². The molecule has 1 aromatic heterocycles. The molecule has 1 unspecified atom stereocenters. The van der Waals surface area contributed by atoms with Crippen LogP contribution in [0.15, 0.2) is 83.3 Å². The minimum atomic E-state index is -0.592. The van der Waals surface area contributed by atoms with E-state index in [1.54, 1.807) is 38.3 Å². The smallest absolute Gasteiger partial charge is 0.343 e. The summed E-state index contributed by atoms with van der Waals surface area (Å²) in [5, 5.41) is 0.746.